The zero-order valence-corrected chi connectivity index (χ0v) is 16.3. The molecule has 2 aromatic carbocycles. The number of ether oxygens (including phenoxy) is 1. The van der Waals surface area contributed by atoms with Crippen LogP contribution in [0.25, 0.3) is 0 Å². The summed E-state index contributed by atoms with van der Waals surface area (Å²) in [7, 11) is 0. The van der Waals surface area contributed by atoms with Crippen LogP contribution in [0.4, 0.5) is 0 Å². The molecule has 3 aromatic rings. The first-order valence-corrected chi connectivity index (χ1v) is 9.23. The van der Waals surface area contributed by atoms with E-state index in [1.165, 1.54) is 0 Å². The first-order valence-electron chi connectivity index (χ1n) is 9.23. The van der Waals surface area contributed by atoms with Gasteiger partial charge in [-0.2, -0.15) is 0 Å². The Bertz CT molecular complexity index is 1010. The molecule has 2 N–H and O–H groups in total. The van der Waals surface area contributed by atoms with Gasteiger partial charge in [-0.25, -0.2) is 0 Å². The van der Waals surface area contributed by atoms with E-state index in [-0.39, 0.29) is 24.1 Å². The lowest BCUT2D eigenvalue weighted by atomic mass is 10.1. The molecule has 0 unspecified atom stereocenters. The summed E-state index contributed by atoms with van der Waals surface area (Å²) in [6.07, 6.45) is -0.131. The van der Waals surface area contributed by atoms with Crippen molar-refractivity contribution in [1.29, 1.82) is 0 Å². The highest BCUT2D eigenvalue weighted by Crippen LogP contribution is 2.21. The molecule has 5 nitrogen and oxygen atoms in total. The number of hydrogen-bond donors (Lipinski definition) is 2. The van der Waals surface area contributed by atoms with Crippen LogP contribution in [-0.4, -0.2) is 10.9 Å². The molecule has 0 saturated heterocycles. The Labute approximate surface area is 164 Å². The average molecular weight is 376 g/mol. The SMILES string of the molecule is Cc1cc(C)c(CNC(=O)c2ccc([C@@H](C)Oc3ccccc3)cc2)c(=O)[nH]1. The molecule has 1 amide bonds. The first-order chi connectivity index (χ1) is 13.4. The van der Waals surface area contributed by atoms with Crippen LogP contribution >= 0.6 is 0 Å². The molecule has 0 bridgehead atoms. The topological polar surface area (TPSA) is 71.2 Å². The van der Waals surface area contributed by atoms with Gasteiger partial charge in [-0.05, 0) is 62.2 Å². The third-order valence-corrected chi connectivity index (χ3v) is 4.62. The van der Waals surface area contributed by atoms with E-state index in [9.17, 15) is 9.59 Å². The van der Waals surface area contributed by atoms with Gasteiger partial charge in [-0.15, -0.1) is 0 Å². The quantitative estimate of drug-likeness (QED) is 0.681. The lowest BCUT2D eigenvalue weighted by Crippen LogP contribution is -2.27. The standard InChI is InChI=1S/C23H24N2O3/c1-15-13-16(2)25-23(27)21(15)14-24-22(26)19-11-9-18(10-12-19)17(3)28-20-7-5-4-6-8-20/h4-13,17H,14H2,1-3H3,(H,24,26)(H,25,27)/t17-/m1/s1. The van der Waals surface area contributed by atoms with Gasteiger partial charge in [0, 0.05) is 23.4 Å². The molecular formula is C23H24N2O3. The largest absolute Gasteiger partial charge is 0.486 e. The first kappa shape index (κ1) is 19.4. The number of carbonyl (C=O) groups is 1. The minimum atomic E-state index is -0.220. The van der Waals surface area contributed by atoms with Gasteiger partial charge in [0.15, 0.2) is 0 Å². The Morgan fingerprint density at radius 1 is 1.07 bits per heavy atom. The number of H-pyrrole nitrogens is 1. The maximum Gasteiger partial charge on any atom is 0.253 e. The number of amides is 1. The number of benzene rings is 2. The van der Waals surface area contributed by atoms with Crippen molar-refractivity contribution in [2.45, 2.75) is 33.4 Å². The van der Waals surface area contributed by atoms with E-state index in [4.69, 9.17) is 4.74 Å². The molecule has 1 heterocycles. The van der Waals surface area contributed by atoms with Crippen LogP contribution in [0.2, 0.25) is 0 Å². The Balaban J connectivity index is 1.63. The molecule has 144 valence electrons. The van der Waals surface area contributed by atoms with Crippen molar-refractivity contribution in [2.75, 3.05) is 0 Å². The minimum absolute atomic E-state index is 0.131. The fourth-order valence-corrected chi connectivity index (χ4v) is 3.05. The second-order valence-corrected chi connectivity index (χ2v) is 6.82. The summed E-state index contributed by atoms with van der Waals surface area (Å²) < 4.78 is 5.90. The second-order valence-electron chi connectivity index (χ2n) is 6.82. The number of aromatic nitrogens is 1. The van der Waals surface area contributed by atoms with Gasteiger partial charge in [-0.3, -0.25) is 9.59 Å². The lowest BCUT2D eigenvalue weighted by molar-refractivity contribution is 0.0950. The molecule has 0 aliphatic heterocycles. The van der Waals surface area contributed by atoms with Gasteiger partial charge in [0.25, 0.3) is 11.5 Å². The zero-order valence-electron chi connectivity index (χ0n) is 16.3. The van der Waals surface area contributed by atoms with Crippen LogP contribution in [-0.2, 0) is 6.54 Å². The van der Waals surface area contributed by atoms with Crippen molar-refractivity contribution in [3.05, 3.63) is 99.0 Å². The summed E-state index contributed by atoms with van der Waals surface area (Å²) in [5.74, 6) is 0.582. The molecule has 28 heavy (non-hydrogen) atoms. The van der Waals surface area contributed by atoms with Crippen LogP contribution in [0.15, 0.2) is 65.5 Å². The zero-order chi connectivity index (χ0) is 20.1. The van der Waals surface area contributed by atoms with Gasteiger partial charge in [-0.1, -0.05) is 30.3 Å². The fourth-order valence-electron chi connectivity index (χ4n) is 3.05. The van der Waals surface area contributed by atoms with E-state index < -0.39 is 0 Å². The Hall–Kier alpha value is -3.34. The normalized spacial score (nSPS) is 11.7. The van der Waals surface area contributed by atoms with Crippen LogP contribution in [0.5, 0.6) is 5.75 Å². The van der Waals surface area contributed by atoms with Crippen molar-refractivity contribution in [3.63, 3.8) is 0 Å². The summed E-state index contributed by atoms with van der Waals surface area (Å²) in [4.78, 5) is 27.2. The van der Waals surface area contributed by atoms with Crippen LogP contribution in [0.3, 0.4) is 0 Å². The number of hydrogen-bond acceptors (Lipinski definition) is 3. The van der Waals surface area contributed by atoms with Crippen LogP contribution < -0.4 is 15.6 Å². The second kappa shape index (κ2) is 8.57. The summed E-state index contributed by atoms with van der Waals surface area (Å²) in [5, 5.41) is 2.81. The highest BCUT2D eigenvalue weighted by molar-refractivity contribution is 5.94. The summed E-state index contributed by atoms with van der Waals surface area (Å²) >= 11 is 0. The van der Waals surface area contributed by atoms with E-state index in [1.54, 1.807) is 12.1 Å². The highest BCUT2D eigenvalue weighted by atomic mass is 16.5. The molecule has 0 radical (unpaired) electrons. The van der Waals surface area contributed by atoms with Crippen LogP contribution in [0.1, 0.15) is 45.8 Å². The Kier molecular flexibility index (Phi) is 5.94. The van der Waals surface area contributed by atoms with E-state index in [1.807, 2.05) is 69.3 Å². The smallest absolute Gasteiger partial charge is 0.253 e. The summed E-state index contributed by atoms with van der Waals surface area (Å²) in [6.45, 7) is 5.86. The monoisotopic (exact) mass is 376 g/mol. The Morgan fingerprint density at radius 2 is 1.75 bits per heavy atom. The van der Waals surface area contributed by atoms with Gasteiger partial charge in [0.1, 0.15) is 11.9 Å². The van der Waals surface area contributed by atoms with E-state index in [0.29, 0.717) is 11.1 Å². The minimum Gasteiger partial charge on any atom is -0.486 e. The molecule has 0 saturated carbocycles. The molecule has 0 spiro atoms. The molecule has 3 rings (SSSR count). The van der Waals surface area contributed by atoms with Gasteiger partial charge >= 0.3 is 0 Å². The fraction of sp³-hybridized carbons (Fsp3) is 0.217. The average Bonchev–Trinajstić information content (AvgIpc) is 2.68. The van der Waals surface area contributed by atoms with Crippen molar-refractivity contribution in [1.82, 2.24) is 10.3 Å². The number of pyridine rings is 1. The number of nitrogens with one attached hydrogen (secondary N) is 2. The molecule has 1 atom stereocenters. The maximum absolute atomic E-state index is 12.4. The molecular weight excluding hydrogens is 352 g/mol. The van der Waals surface area contributed by atoms with Gasteiger partial charge in [0.2, 0.25) is 0 Å². The number of aromatic amines is 1. The van der Waals surface area contributed by atoms with Crippen molar-refractivity contribution in [3.8, 4) is 5.75 Å². The molecule has 0 aliphatic rings. The third-order valence-electron chi connectivity index (χ3n) is 4.62. The maximum atomic E-state index is 12.4. The summed E-state index contributed by atoms with van der Waals surface area (Å²) in [6, 6.07) is 18.8. The molecule has 0 aliphatic carbocycles. The molecule has 1 aromatic heterocycles. The predicted octanol–water partition coefficient (Wildman–Crippen LogP) is 4.06. The number of aryl methyl sites for hydroxylation is 2. The van der Waals surface area contributed by atoms with Crippen molar-refractivity contribution in [2.24, 2.45) is 0 Å². The number of rotatable bonds is 6. The molecule has 0 fully saturated rings. The van der Waals surface area contributed by atoms with Gasteiger partial charge < -0.3 is 15.0 Å². The molecule has 5 heteroatoms. The van der Waals surface area contributed by atoms with Crippen molar-refractivity contribution >= 4 is 5.91 Å². The van der Waals surface area contributed by atoms with E-state index in [2.05, 4.69) is 10.3 Å². The van der Waals surface area contributed by atoms with E-state index >= 15 is 0 Å². The predicted molar refractivity (Wildman–Crippen MR) is 110 cm³/mol. The highest BCUT2D eigenvalue weighted by Gasteiger charge is 2.11. The third kappa shape index (κ3) is 4.68. The summed E-state index contributed by atoms with van der Waals surface area (Å²) in [5.41, 5.74) is 3.59. The van der Waals surface area contributed by atoms with Crippen molar-refractivity contribution < 1.29 is 9.53 Å². The Morgan fingerprint density at radius 3 is 2.39 bits per heavy atom. The lowest BCUT2D eigenvalue weighted by Gasteiger charge is -2.15. The van der Waals surface area contributed by atoms with E-state index in [0.717, 1.165) is 22.6 Å². The number of para-hydroxylation sites is 1. The number of carbonyl (C=O) groups excluding carboxylic acids is 1. The van der Waals surface area contributed by atoms with Gasteiger partial charge in [0.05, 0.1) is 0 Å². The van der Waals surface area contributed by atoms with Crippen LogP contribution in [0, 0.1) is 13.8 Å².